The maximum atomic E-state index is 13.7. The summed E-state index contributed by atoms with van der Waals surface area (Å²) in [6.45, 7) is 0.575. The number of hydrogen-bond donors (Lipinski definition) is 3. The first-order valence-electron chi connectivity index (χ1n) is 14.6. The van der Waals surface area contributed by atoms with Crippen LogP contribution in [-0.4, -0.2) is 44.8 Å². The van der Waals surface area contributed by atoms with E-state index in [4.69, 9.17) is 4.42 Å². The Labute approximate surface area is 264 Å². The van der Waals surface area contributed by atoms with Crippen molar-refractivity contribution in [3.05, 3.63) is 94.2 Å². The molecular weight excluding hydrogens is 634 g/mol. The molecule has 5 rings (SSSR count). The molecule has 2 amide bonds. The second-order valence-corrected chi connectivity index (χ2v) is 11.5. The molecule has 1 aliphatic heterocycles. The highest BCUT2D eigenvalue weighted by molar-refractivity contribution is 6.22. The molecular formula is C33H30F6N2O6. The number of nitrogens with zero attached hydrogens (tertiary/aromatic N) is 2. The van der Waals surface area contributed by atoms with Crippen LogP contribution in [0.5, 0.6) is 0 Å². The van der Waals surface area contributed by atoms with Gasteiger partial charge in [0.1, 0.15) is 18.1 Å². The number of fused-ring (bicyclic) bond motifs is 1. The lowest BCUT2D eigenvalue weighted by Crippen LogP contribution is -2.38. The number of aliphatic hydroxyl groups excluding tert-OH is 3. The number of imide groups is 1. The number of carbonyl (C=O) groups is 2. The van der Waals surface area contributed by atoms with Crippen molar-refractivity contribution in [2.75, 3.05) is 11.5 Å². The van der Waals surface area contributed by atoms with Gasteiger partial charge in [0.2, 0.25) is 11.8 Å². The second-order valence-electron chi connectivity index (χ2n) is 11.5. The zero-order chi connectivity index (χ0) is 34.3. The first kappa shape index (κ1) is 34.1. The lowest BCUT2D eigenvalue weighted by molar-refractivity contribution is -0.143. The summed E-state index contributed by atoms with van der Waals surface area (Å²) in [5.74, 6) is -4.90. The van der Waals surface area contributed by atoms with E-state index in [-0.39, 0.29) is 37.5 Å². The molecule has 2 aliphatic rings. The zero-order valence-electron chi connectivity index (χ0n) is 24.8. The molecule has 8 nitrogen and oxygen atoms in total. The molecule has 0 unspecified atom stereocenters. The number of hydrogen-bond acceptors (Lipinski definition) is 7. The van der Waals surface area contributed by atoms with E-state index >= 15 is 0 Å². The number of benzene rings is 1. The number of alkyl halides is 6. The number of halogens is 6. The number of pyridine rings is 1. The van der Waals surface area contributed by atoms with E-state index in [1.807, 2.05) is 0 Å². The molecule has 3 aromatic rings. The van der Waals surface area contributed by atoms with Gasteiger partial charge in [-0.1, -0.05) is 11.6 Å². The van der Waals surface area contributed by atoms with Crippen LogP contribution in [-0.2, 0) is 28.5 Å². The van der Waals surface area contributed by atoms with Gasteiger partial charge < -0.3 is 19.7 Å². The number of aliphatic hydroxyl groups is 3. The second kappa shape index (κ2) is 13.1. The number of amides is 2. The van der Waals surface area contributed by atoms with E-state index in [1.165, 1.54) is 0 Å². The van der Waals surface area contributed by atoms with Crippen LogP contribution in [0, 0.1) is 17.8 Å². The Balaban J connectivity index is 1.43. The molecule has 1 aromatic carbocycles. The Kier molecular flexibility index (Phi) is 9.49. The van der Waals surface area contributed by atoms with Crippen molar-refractivity contribution in [3.63, 3.8) is 0 Å². The standard InChI is InChI=1S/C33H30F6N2O6/c1-17-10-24-29(31(46)41(30(24)45)21-13-19(32(34,35)36)12-20(14-21)33(37,38)39)25(16-43)28(17)27(44)8-5-18(26-4-2-3-9-40-26)11-22-6-7-23(15-42)47-22/h2-4,6-7,9,11-14,24-25,27,29,42-44H,5,8,10,15-16H2,1H3/b18-11-/t24-,25+,27-,29-/m1/s1. The minimum atomic E-state index is -5.20. The fourth-order valence-electron chi connectivity index (χ4n) is 6.44. The van der Waals surface area contributed by atoms with Gasteiger partial charge in [0.05, 0.1) is 47.1 Å². The molecule has 4 atom stereocenters. The Morgan fingerprint density at radius 1 is 1.02 bits per heavy atom. The Hall–Kier alpha value is -4.27. The number of anilines is 1. The van der Waals surface area contributed by atoms with Crippen LogP contribution in [0.25, 0.3) is 11.6 Å². The third-order valence-electron chi connectivity index (χ3n) is 8.55. The SMILES string of the molecule is CC1=C([C@H](O)CC/C(=C/c2ccc(CO)o2)c2ccccn2)[C@H](CO)[C@@H]2C(=O)N(c3cc(C(F)(F)F)cc(C(F)(F)F)c3)C(=O)[C@@H]2C1. The van der Waals surface area contributed by atoms with Crippen molar-refractivity contribution in [2.24, 2.45) is 17.8 Å². The van der Waals surface area contributed by atoms with Gasteiger partial charge in [-0.15, -0.1) is 0 Å². The van der Waals surface area contributed by atoms with Crippen molar-refractivity contribution >= 4 is 29.2 Å². The van der Waals surface area contributed by atoms with E-state index in [2.05, 4.69) is 4.98 Å². The Morgan fingerprint density at radius 2 is 1.70 bits per heavy atom. The monoisotopic (exact) mass is 664 g/mol. The zero-order valence-corrected chi connectivity index (χ0v) is 24.8. The first-order valence-corrected chi connectivity index (χ1v) is 14.6. The average Bonchev–Trinajstić information content (AvgIpc) is 3.58. The molecule has 0 spiro atoms. The molecule has 3 heterocycles. The van der Waals surface area contributed by atoms with Crippen LogP contribution < -0.4 is 4.90 Å². The van der Waals surface area contributed by atoms with Gasteiger partial charge in [-0.3, -0.25) is 14.6 Å². The van der Waals surface area contributed by atoms with Crippen molar-refractivity contribution in [1.29, 1.82) is 0 Å². The van der Waals surface area contributed by atoms with Crippen LogP contribution in [0.15, 0.2) is 70.3 Å². The Bertz CT molecular complexity index is 1680. The fraction of sp³-hybridized carbons (Fsp3) is 0.364. The van der Waals surface area contributed by atoms with Gasteiger partial charge in [0.15, 0.2) is 0 Å². The number of allylic oxidation sites excluding steroid dienone is 2. The molecule has 1 saturated heterocycles. The van der Waals surface area contributed by atoms with Crippen LogP contribution in [0.4, 0.5) is 32.0 Å². The van der Waals surface area contributed by atoms with Gasteiger partial charge in [0, 0.05) is 12.1 Å². The van der Waals surface area contributed by atoms with Crippen molar-refractivity contribution in [3.8, 4) is 0 Å². The van der Waals surface area contributed by atoms with Gasteiger partial charge in [-0.25, -0.2) is 4.90 Å². The summed E-state index contributed by atoms with van der Waals surface area (Å²) in [4.78, 5) is 31.8. The summed E-state index contributed by atoms with van der Waals surface area (Å²) in [7, 11) is 0. The third kappa shape index (κ3) is 6.90. The summed E-state index contributed by atoms with van der Waals surface area (Å²) in [6, 6.07) is 9.02. The van der Waals surface area contributed by atoms with Crippen molar-refractivity contribution < 1.29 is 55.7 Å². The molecule has 250 valence electrons. The van der Waals surface area contributed by atoms with Crippen molar-refractivity contribution in [2.45, 2.75) is 51.2 Å². The molecule has 47 heavy (non-hydrogen) atoms. The molecule has 3 N–H and O–H groups in total. The van der Waals surface area contributed by atoms with Crippen LogP contribution in [0.2, 0.25) is 0 Å². The number of rotatable bonds is 9. The van der Waals surface area contributed by atoms with Gasteiger partial charge in [0.25, 0.3) is 0 Å². The summed E-state index contributed by atoms with van der Waals surface area (Å²) in [5.41, 5.74) is -2.26. The molecule has 0 radical (unpaired) electrons. The summed E-state index contributed by atoms with van der Waals surface area (Å²) >= 11 is 0. The Morgan fingerprint density at radius 3 is 2.26 bits per heavy atom. The lowest BCUT2D eigenvalue weighted by Gasteiger charge is -2.35. The predicted molar refractivity (Wildman–Crippen MR) is 156 cm³/mol. The van der Waals surface area contributed by atoms with Crippen LogP contribution in [0.3, 0.4) is 0 Å². The molecule has 14 heteroatoms. The quantitative estimate of drug-likeness (QED) is 0.145. The van der Waals surface area contributed by atoms with E-state index in [0.29, 0.717) is 45.4 Å². The fourth-order valence-corrected chi connectivity index (χ4v) is 6.44. The summed E-state index contributed by atoms with van der Waals surface area (Å²) in [6.07, 6.45) is -8.18. The van der Waals surface area contributed by atoms with Crippen molar-refractivity contribution in [1.82, 2.24) is 4.98 Å². The topological polar surface area (TPSA) is 124 Å². The summed E-state index contributed by atoms with van der Waals surface area (Å²) < 4.78 is 86.9. The highest BCUT2D eigenvalue weighted by atomic mass is 19.4. The third-order valence-corrected chi connectivity index (χ3v) is 8.55. The maximum Gasteiger partial charge on any atom is 0.416 e. The molecule has 0 bridgehead atoms. The number of carbonyl (C=O) groups excluding carboxylic acids is 2. The number of furan rings is 1. The lowest BCUT2D eigenvalue weighted by atomic mass is 9.68. The largest absolute Gasteiger partial charge is 0.459 e. The smallest absolute Gasteiger partial charge is 0.416 e. The van der Waals surface area contributed by atoms with Gasteiger partial charge >= 0.3 is 12.4 Å². The number of aromatic nitrogens is 1. The summed E-state index contributed by atoms with van der Waals surface area (Å²) in [5, 5.41) is 31.2. The van der Waals surface area contributed by atoms with Gasteiger partial charge in [-0.05, 0) is 85.9 Å². The maximum absolute atomic E-state index is 13.7. The minimum Gasteiger partial charge on any atom is -0.459 e. The average molecular weight is 665 g/mol. The highest BCUT2D eigenvalue weighted by Gasteiger charge is 2.55. The van der Waals surface area contributed by atoms with E-state index < -0.39 is 71.4 Å². The van der Waals surface area contributed by atoms with E-state index in [9.17, 15) is 51.3 Å². The van der Waals surface area contributed by atoms with E-state index in [1.54, 1.807) is 49.5 Å². The van der Waals surface area contributed by atoms with E-state index in [0.717, 1.165) is 0 Å². The predicted octanol–water partition coefficient (Wildman–Crippen LogP) is 6.02. The minimum absolute atomic E-state index is 0.0605. The highest BCUT2D eigenvalue weighted by Crippen LogP contribution is 2.48. The van der Waals surface area contributed by atoms with Gasteiger partial charge in [-0.2, -0.15) is 26.3 Å². The molecule has 2 aromatic heterocycles. The normalized spacial score (nSPS) is 21.4. The molecule has 1 aliphatic carbocycles. The first-order chi connectivity index (χ1) is 22.1. The van der Waals surface area contributed by atoms with Crippen LogP contribution >= 0.6 is 0 Å². The molecule has 1 fully saturated rings. The molecule has 0 saturated carbocycles. The van der Waals surface area contributed by atoms with Crippen LogP contribution in [0.1, 0.15) is 54.5 Å².